The normalized spacial score (nSPS) is 10.2. The van der Waals surface area contributed by atoms with Crippen molar-refractivity contribution in [3.05, 3.63) is 36.2 Å². The summed E-state index contributed by atoms with van der Waals surface area (Å²) in [6.07, 6.45) is 1.71. The maximum atomic E-state index is 9.15. The van der Waals surface area contributed by atoms with Crippen LogP contribution in [0.25, 0.3) is 0 Å². The number of aromatic hydroxyl groups is 2. The highest BCUT2D eigenvalue weighted by atomic mass is 32.2. The van der Waals surface area contributed by atoms with Crippen molar-refractivity contribution >= 4 is 11.8 Å². The van der Waals surface area contributed by atoms with Gasteiger partial charge in [-0.1, -0.05) is 17.8 Å². The summed E-state index contributed by atoms with van der Waals surface area (Å²) in [5.74, 6) is 0.107. The minimum atomic E-state index is -0.240. The molecule has 16 heavy (non-hydrogen) atoms. The van der Waals surface area contributed by atoms with E-state index >= 15 is 0 Å². The molecule has 2 heterocycles. The van der Waals surface area contributed by atoms with Crippen molar-refractivity contribution in [3.63, 3.8) is 0 Å². The summed E-state index contributed by atoms with van der Waals surface area (Å²) in [6, 6.07) is 6.70. The summed E-state index contributed by atoms with van der Waals surface area (Å²) in [6.45, 7) is 0. The van der Waals surface area contributed by atoms with Crippen LogP contribution in [0.15, 0.2) is 35.6 Å². The highest BCUT2D eigenvalue weighted by Gasteiger charge is 2.04. The lowest BCUT2D eigenvalue weighted by Gasteiger charge is -2.00. The number of pyridine rings is 1. The number of rotatable bonds is 3. The molecule has 0 bridgehead atoms. The summed E-state index contributed by atoms with van der Waals surface area (Å²) in [5.41, 5.74) is 0.888. The molecule has 2 N–H and O–H groups in total. The van der Waals surface area contributed by atoms with Crippen LogP contribution >= 0.6 is 11.8 Å². The molecule has 82 valence electrons. The molecule has 0 unspecified atom stereocenters. The molecule has 0 fully saturated rings. The Morgan fingerprint density at radius 3 is 2.50 bits per heavy atom. The smallest absolute Gasteiger partial charge is 0.218 e. The average Bonchev–Trinajstić information content (AvgIpc) is 2.27. The lowest BCUT2D eigenvalue weighted by atomic mass is 10.4. The van der Waals surface area contributed by atoms with Crippen molar-refractivity contribution in [1.82, 2.24) is 15.0 Å². The first-order valence-electron chi connectivity index (χ1n) is 4.54. The van der Waals surface area contributed by atoms with E-state index in [-0.39, 0.29) is 11.8 Å². The van der Waals surface area contributed by atoms with Gasteiger partial charge in [0.2, 0.25) is 11.8 Å². The third-order valence-corrected chi connectivity index (χ3v) is 2.63. The molecule has 0 atom stereocenters. The maximum absolute atomic E-state index is 9.15. The minimum absolute atomic E-state index is 0.240. The monoisotopic (exact) mass is 235 g/mol. The molecule has 2 aromatic rings. The number of aromatic nitrogens is 3. The molecule has 0 aliphatic rings. The fraction of sp³-hybridized carbons (Fsp3) is 0.100. The molecule has 0 saturated heterocycles. The molecule has 0 aliphatic heterocycles. The Kier molecular flexibility index (Phi) is 3.21. The fourth-order valence-electron chi connectivity index (χ4n) is 1.09. The molecule has 0 saturated carbocycles. The van der Waals surface area contributed by atoms with Gasteiger partial charge in [0.05, 0.1) is 11.8 Å². The van der Waals surface area contributed by atoms with Crippen LogP contribution in [0, 0.1) is 0 Å². The van der Waals surface area contributed by atoms with Gasteiger partial charge in [-0.25, -0.2) is 0 Å². The Hall–Kier alpha value is -1.82. The van der Waals surface area contributed by atoms with E-state index in [9.17, 15) is 0 Å². The second-order valence-electron chi connectivity index (χ2n) is 2.98. The Labute approximate surface area is 96.2 Å². The largest absolute Gasteiger partial charge is 0.493 e. The Bertz CT molecular complexity index is 458. The lowest BCUT2D eigenvalue weighted by molar-refractivity contribution is 0.411. The van der Waals surface area contributed by atoms with Crippen LogP contribution in [0.3, 0.4) is 0 Å². The van der Waals surface area contributed by atoms with Gasteiger partial charge in [0.1, 0.15) is 0 Å². The molecule has 0 amide bonds. The fourth-order valence-corrected chi connectivity index (χ4v) is 1.85. The van der Waals surface area contributed by atoms with Gasteiger partial charge in [0.15, 0.2) is 5.16 Å². The first-order chi connectivity index (χ1) is 7.74. The first-order valence-corrected chi connectivity index (χ1v) is 5.52. The molecule has 0 aromatic carbocycles. The third-order valence-electron chi connectivity index (χ3n) is 1.75. The molecular weight excluding hydrogens is 226 g/mol. The van der Waals surface area contributed by atoms with Crippen molar-refractivity contribution in [3.8, 4) is 11.8 Å². The van der Waals surface area contributed by atoms with Crippen molar-refractivity contribution in [2.75, 3.05) is 0 Å². The van der Waals surface area contributed by atoms with Gasteiger partial charge in [-0.15, -0.1) is 0 Å². The summed E-state index contributed by atoms with van der Waals surface area (Å²) in [4.78, 5) is 11.7. The van der Waals surface area contributed by atoms with E-state index in [0.717, 1.165) is 11.8 Å². The predicted molar refractivity (Wildman–Crippen MR) is 59.2 cm³/mol. The van der Waals surface area contributed by atoms with Gasteiger partial charge in [0, 0.05) is 11.9 Å². The van der Waals surface area contributed by atoms with Crippen LogP contribution in [-0.2, 0) is 5.75 Å². The molecule has 2 rings (SSSR count). The highest BCUT2D eigenvalue weighted by Crippen LogP contribution is 2.22. The van der Waals surface area contributed by atoms with Crippen molar-refractivity contribution in [2.24, 2.45) is 0 Å². The zero-order valence-electron chi connectivity index (χ0n) is 8.24. The van der Waals surface area contributed by atoms with Gasteiger partial charge in [-0.05, 0) is 12.1 Å². The van der Waals surface area contributed by atoms with Crippen molar-refractivity contribution < 1.29 is 10.2 Å². The standard InChI is InChI=1S/C10H9N3O2S/c14-8-5-9(15)13-10(12-8)16-6-7-3-1-2-4-11-7/h1-5H,6H2,(H2,12,13,14,15). The van der Waals surface area contributed by atoms with E-state index in [1.807, 2.05) is 18.2 Å². The van der Waals surface area contributed by atoms with E-state index in [2.05, 4.69) is 15.0 Å². The SMILES string of the molecule is Oc1cc(O)nc(SCc2ccccn2)n1. The third kappa shape index (κ3) is 2.83. The minimum Gasteiger partial charge on any atom is -0.493 e. The molecule has 0 aliphatic carbocycles. The highest BCUT2D eigenvalue weighted by molar-refractivity contribution is 7.98. The molecule has 5 nitrogen and oxygen atoms in total. The lowest BCUT2D eigenvalue weighted by Crippen LogP contribution is -1.89. The van der Waals surface area contributed by atoms with Crippen LogP contribution in [0.2, 0.25) is 0 Å². The van der Waals surface area contributed by atoms with Gasteiger partial charge in [0.25, 0.3) is 0 Å². The summed E-state index contributed by atoms with van der Waals surface area (Å²) >= 11 is 1.30. The average molecular weight is 235 g/mol. The number of hydrogen-bond donors (Lipinski definition) is 2. The van der Waals surface area contributed by atoms with Crippen molar-refractivity contribution in [1.29, 1.82) is 0 Å². The van der Waals surface area contributed by atoms with Gasteiger partial charge >= 0.3 is 0 Å². The topological polar surface area (TPSA) is 79.1 Å². The number of thioether (sulfide) groups is 1. The van der Waals surface area contributed by atoms with Crippen molar-refractivity contribution in [2.45, 2.75) is 10.9 Å². The summed E-state index contributed by atoms with van der Waals surface area (Å²) < 4.78 is 0. The second-order valence-corrected chi connectivity index (χ2v) is 3.92. The van der Waals surface area contributed by atoms with Gasteiger partial charge in [-0.2, -0.15) is 9.97 Å². The molecular formula is C10H9N3O2S. The second kappa shape index (κ2) is 4.80. The predicted octanol–water partition coefficient (Wildman–Crippen LogP) is 1.58. The van der Waals surface area contributed by atoms with Crippen LogP contribution in [0.4, 0.5) is 0 Å². The number of hydrogen-bond acceptors (Lipinski definition) is 6. The van der Waals surface area contributed by atoms with E-state index < -0.39 is 0 Å². The Balaban J connectivity index is 2.05. The Morgan fingerprint density at radius 1 is 1.12 bits per heavy atom. The molecule has 0 radical (unpaired) electrons. The quantitative estimate of drug-likeness (QED) is 0.621. The molecule has 2 aromatic heterocycles. The number of nitrogens with zero attached hydrogens (tertiary/aromatic N) is 3. The van der Waals surface area contributed by atoms with E-state index in [1.54, 1.807) is 6.20 Å². The van der Waals surface area contributed by atoms with Crippen LogP contribution < -0.4 is 0 Å². The maximum Gasteiger partial charge on any atom is 0.218 e. The first kappa shape index (κ1) is 10.7. The molecule has 6 heteroatoms. The zero-order valence-corrected chi connectivity index (χ0v) is 9.05. The summed E-state index contributed by atoms with van der Waals surface area (Å²) in [7, 11) is 0. The molecule has 0 spiro atoms. The Morgan fingerprint density at radius 2 is 1.88 bits per heavy atom. The van der Waals surface area contributed by atoms with Crippen LogP contribution in [-0.4, -0.2) is 25.2 Å². The van der Waals surface area contributed by atoms with Gasteiger partial charge in [-0.3, -0.25) is 4.98 Å². The van der Waals surface area contributed by atoms with E-state index in [4.69, 9.17) is 10.2 Å². The van der Waals surface area contributed by atoms with E-state index in [0.29, 0.717) is 10.9 Å². The van der Waals surface area contributed by atoms with E-state index in [1.165, 1.54) is 11.8 Å². The summed E-state index contributed by atoms with van der Waals surface area (Å²) in [5, 5.41) is 18.6. The van der Waals surface area contributed by atoms with Crippen LogP contribution in [0.5, 0.6) is 11.8 Å². The van der Waals surface area contributed by atoms with Crippen LogP contribution in [0.1, 0.15) is 5.69 Å². The van der Waals surface area contributed by atoms with Gasteiger partial charge < -0.3 is 10.2 Å². The zero-order chi connectivity index (χ0) is 11.4.